The van der Waals surface area contributed by atoms with Gasteiger partial charge in [0, 0.05) is 12.1 Å². The van der Waals surface area contributed by atoms with Crippen molar-refractivity contribution in [1.82, 2.24) is 0 Å². The van der Waals surface area contributed by atoms with Crippen molar-refractivity contribution in [2.45, 2.75) is 6.92 Å². The Kier molecular flexibility index (Phi) is 2.88. The summed E-state index contributed by atoms with van der Waals surface area (Å²) < 4.78 is 0. The summed E-state index contributed by atoms with van der Waals surface area (Å²) in [6.07, 6.45) is 0.738. The molecule has 0 aromatic rings. The van der Waals surface area contributed by atoms with Crippen LogP contribution >= 0.6 is 0 Å². The number of nitrogens with two attached hydrogens (primary N) is 1. The van der Waals surface area contributed by atoms with Crippen molar-refractivity contribution in [3.63, 3.8) is 0 Å². The van der Waals surface area contributed by atoms with Crippen LogP contribution < -0.4 is 5.73 Å². The van der Waals surface area contributed by atoms with E-state index >= 15 is 0 Å². The van der Waals surface area contributed by atoms with Crippen LogP contribution in [0.4, 0.5) is 0 Å². The van der Waals surface area contributed by atoms with E-state index in [2.05, 4.69) is 0 Å². The Bertz CT molecular complexity index is 118. The summed E-state index contributed by atoms with van der Waals surface area (Å²) in [7, 11) is 0. The first kappa shape index (κ1) is 7.17. The molecule has 0 bridgehead atoms. The minimum Gasteiger partial charge on any atom is -0.515 e. The van der Waals surface area contributed by atoms with E-state index < -0.39 is 0 Å². The fourth-order valence-corrected chi connectivity index (χ4v) is 0.287. The lowest BCUT2D eigenvalue weighted by Gasteiger charge is -1.91. The maximum atomic E-state index is 10.3. The molecule has 0 aliphatic heterocycles. The van der Waals surface area contributed by atoms with Crippen LogP contribution in [0.15, 0.2) is 11.8 Å². The molecule has 0 aromatic carbocycles. The number of aliphatic hydroxyl groups is 1. The van der Waals surface area contributed by atoms with E-state index in [1.54, 1.807) is 0 Å². The van der Waals surface area contributed by atoms with Gasteiger partial charge in [-0.2, -0.15) is 0 Å². The van der Waals surface area contributed by atoms with Crippen LogP contribution in [0.1, 0.15) is 6.92 Å². The zero-order chi connectivity index (χ0) is 6.57. The molecule has 0 unspecified atom stereocenters. The average Bonchev–Trinajstić information content (AvgIpc) is 1.69. The molecule has 0 atom stereocenters. The highest BCUT2D eigenvalue weighted by Gasteiger charge is 1.97. The van der Waals surface area contributed by atoms with Crippen molar-refractivity contribution in [2.24, 2.45) is 5.73 Å². The lowest BCUT2D eigenvalue weighted by molar-refractivity contribution is -0.113. The van der Waals surface area contributed by atoms with E-state index in [4.69, 9.17) is 10.8 Å². The van der Waals surface area contributed by atoms with E-state index in [1.165, 1.54) is 6.92 Å². The minimum absolute atomic E-state index is 0.103. The highest BCUT2D eigenvalue weighted by Crippen LogP contribution is 1.88. The number of hydrogen-bond donors (Lipinski definition) is 2. The zero-order valence-electron chi connectivity index (χ0n) is 4.72. The van der Waals surface area contributed by atoms with Gasteiger partial charge in [-0.1, -0.05) is 0 Å². The molecule has 0 saturated heterocycles. The number of Topliss-reactive ketones (excluding diaryl/α,β-unsaturated/α-hetero) is 1. The van der Waals surface area contributed by atoms with Gasteiger partial charge in [0.2, 0.25) is 0 Å². The number of carbonyl (C=O) groups is 1. The molecule has 0 heterocycles. The molecule has 0 aliphatic carbocycles. The molecule has 0 saturated carbocycles. The summed E-state index contributed by atoms with van der Waals surface area (Å²) in [5, 5.41) is 8.23. The third-order valence-corrected chi connectivity index (χ3v) is 0.828. The summed E-state index contributed by atoms with van der Waals surface area (Å²) in [5.41, 5.74) is 5.29. The molecule has 0 radical (unpaired) electrons. The maximum Gasteiger partial charge on any atom is 0.160 e. The first-order chi connectivity index (χ1) is 3.72. The Balaban J connectivity index is 3.92. The van der Waals surface area contributed by atoms with Crippen LogP contribution in [-0.4, -0.2) is 17.4 Å². The van der Waals surface area contributed by atoms with Gasteiger partial charge in [-0.05, 0) is 6.92 Å². The largest absolute Gasteiger partial charge is 0.515 e. The SMILES string of the molecule is CC(=O)/C(=C/O)CN. The van der Waals surface area contributed by atoms with Gasteiger partial charge in [0.1, 0.15) is 0 Å². The van der Waals surface area contributed by atoms with Crippen molar-refractivity contribution in [1.29, 1.82) is 0 Å². The Morgan fingerprint density at radius 2 is 2.38 bits per heavy atom. The van der Waals surface area contributed by atoms with Crippen LogP contribution in [0, 0.1) is 0 Å². The van der Waals surface area contributed by atoms with Crippen molar-refractivity contribution in [3.8, 4) is 0 Å². The van der Waals surface area contributed by atoms with Crippen molar-refractivity contribution >= 4 is 5.78 Å². The van der Waals surface area contributed by atoms with Gasteiger partial charge >= 0.3 is 0 Å². The lowest BCUT2D eigenvalue weighted by Crippen LogP contribution is -2.09. The maximum absolute atomic E-state index is 10.3. The number of hydrogen-bond acceptors (Lipinski definition) is 3. The van der Waals surface area contributed by atoms with E-state index in [0.29, 0.717) is 0 Å². The average molecular weight is 115 g/mol. The van der Waals surface area contributed by atoms with Gasteiger partial charge < -0.3 is 10.8 Å². The second kappa shape index (κ2) is 3.21. The summed E-state index contributed by atoms with van der Waals surface area (Å²) in [5.74, 6) is -0.185. The van der Waals surface area contributed by atoms with Gasteiger partial charge in [0.15, 0.2) is 5.78 Å². The number of rotatable bonds is 2. The second-order valence-electron chi connectivity index (χ2n) is 1.41. The lowest BCUT2D eigenvalue weighted by atomic mass is 10.2. The normalized spacial score (nSPS) is 11.5. The third kappa shape index (κ3) is 1.75. The van der Waals surface area contributed by atoms with Gasteiger partial charge in [0.25, 0.3) is 0 Å². The molecule has 0 fully saturated rings. The molecule has 0 aromatic heterocycles. The first-order valence-electron chi connectivity index (χ1n) is 2.26. The topological polar surface area (TPSA) is 63.3 Å². The molecule has 3 heteroatoms. The summed E-state index contributed by atoms with van der Waals surface area (Å²) >= 11 is 0. The Morgan fingerprint density at radius 1 is 1.88 bits per heavy atom. The number of ketones is 1. The molecule has 3 N–H and O–H groups in total. The molecule has 0 rings (SSSR count). The monoisotopic (exact) mass is 115 g/mol. The van der Waals surface area contributed by atoms with E-state index in [1.807, 2.05) is 0 Å². The molecular weight excluding hydrogens is 106 g/mol. The van der Waals surface area contributed by atoms with Gasteiger partial charge in [-0.3, -0.25) is 4.79 Å². The van der Waals surface area contributed by atoms with Crippen LogP contribution in [0.25, 0.3) is 0 Å². The van der Waals surface area contributed by atoms with Crippen LogP contribution in [0.5, 0.6) is 0 Å². The molecule has 0 spiro atoms. The van der Waals surface area contributed by atoms with Crippen LogP contribution in [0.2, 0.25) is 0 Å². The Hall–Kier alpha value is -0.830. The van der Waals surface area contributed by atoms with Crippen molar-refractivity contribution < 1.29 is 9.90 Å². The summed E-state index contributed by atoms with van der Waals surface area (Å²) in [4.78, 5) is 10.3. The van der Waals surface area contributed by atoms with Gasteiger partial charge in [-0.25, -0.2) is 0 Å². The van der Waals surface area contributed by atoms with E-state index in [0.717, 1.165) is 6.26 Å². The van der Waals surface area contributed by atoms with Crippen LogP contribution in [0.3, 0.4) is 0 Å². The third-order valence-electron chi connectivity index (χ3n) is 0.828. The highest BCUT2D eigenvalue weighted by molar-refractivity contribution is 5.93. The first-order valence-corrected chi connectivity index (χ1v) is 2.26. The van der Waals surface area contributed by atoms with E-state index in [9.17, 15) is 4.79 Å². The molecule has 46 valence electrons. The minimum atomic E-state index is -0.185. The molecular formula is C5H9NO2. The standard InChI is InChI=1S/C5H9NO2/c1-4(8)5(2-6)3-7/h3,7H,2,6H2,1H3/b5-3+. The van der Waals surface area contributed by atoms with Gasteiger partial charge in [0.05, 0.1) is 6.26 Å². The quantitative estimate of drug-likeness (QED) is 0.392. The van der Waals surface area contributed by atoms with Gasteiger partial charge in [-0.15, -0.1) is 0 Å². The Labute approximate surface area is 47.8 Å². The van der Waals surface area contributed by atoms with Crippen molar-refractivity contribution in [2.75, 3.05) is 6.54 Å². The fraction of sp³-hybridized carbons (Fsp3) is 0.400. The predicted molar refractivity (Wildman–Crippen MR) is 30.4 cm³/mol. The second-order valence-corrected chi connectivity index (χ2v) is 1.41. The molecule has 0 amide bonds. The smallest absolute Gasteiger partial charge is 0.160 e. The molecule has 0 aliphatic rings. The van der Waals surface area contributed by atoms with E-state index in [-0.39, 0.29) is 17.9 Å². The number of aliphatic hydroxyl groups excluding tert-OH is 1. The molecule has 8 heavy (non-hydrogen) atoms. The van der Waals surface area contributed by atoms with Crippen molar-refractivity contribution in [3.05, 3.63) is 11.8 Å². The number of carbonyl (C=O) groups excluding carboxylic acids is 1. The fourth-order valence-electron chi connectivity index (χ4n) is 0.287. The summed E-state index contributed by atoms with van der Waals surface area (Å²) in [6, 6.07) is 0. The Morgan fingerprint density at radius 3 is 2.38 bits per heavy atom. The molecule has 3 nitrogen and oxygen atoms in total. The van der Waals surface area contributed by atoms with Crippen LogP contribution in [-0.2, 0) is 4.79 Å². The predicted octanol–water partition coefficient (Wildman–Crippen LogP) is -0.0240. The summed E-state index contributed by atoms with van der Waals surface area (Å²) in [6.45, 7) is 1.46. The zero-order valence-corrected chi connectivity index (χ0v) is 4.72. The highest BCUT2D eigenvalue weighted by atomic mass is 16.2.